The van der Waals surface area contributed by atoms with Gasteiger partial charge in [0, 0.05) is 38.3 Å². The first-order chi connectivity index (χ1) is 9.38. The molecule has 0 heterocycles. The minimum Gasteiger partial charge on any atom is -0.380 e. The van der Waals surface area contributed by atoms with Crippen molar-refractivity contribution in [2.75, 3.05) is 60.5 Å². The van der Waals surface area contributed by atoms with Crippen LogP contribution in [0.3, 0.4) is 0 Å². The third-order valence-electron chi connectivity index (χ3n) is 4.19. The molecule has 0 aliphatic rings. The maximum atomic E-state index is 5.38. The van der Waals surface area contributed by atoms with E-state index in [9.17, 15) is 0 Å². The highest BCUT2D eigenvalue weighted by molar-refractivity contribution is 4.68. The summed E-state index contributed by atoms with van der Waals surface area (Å²) in [5, 5.41) is 0. The first-order valence-electron chi connectivity index (χ1n) is 8.05. The lowest BCUT2D eigenvalue weighted by Gasteiger charge is -2.29. The molecule has 4 heteroatoms. The van der Waals surface area contributed by atoms with Crippen molar-refractivity contribution in [3.63, 3.8) is 0 Å². The van der Waals surface area contributed by atoms with Crippen molar-refractivity contribution in [3.8, 4) is 0 Å². The van der Waals surface area contributed by atoms with Crippen molar-refractivity contribution in [1.29, 1.82) is 0 Å². The summed E-state index contributed by atoms with van der Waals surface area (Å²) < 4.78 is 5.38. The van der Waals surface area contributed by atoms with Crippen molar-refractivity contribution in [1.82, 2.24) is 14.7 Å². The van der Waals surface area contributed by atoms with Gasteiger partial charge in [-0.25, -0.2) is 0 Å². The Hall–Kier alpha value is -0.160. The summed E-state index contributed by atoms with van der Waals surface area (Å²) in [6, 6.07) is 1.27. The molecule has 0 radical (unpaired) electrons. The van der Waals surface area contributed by atoms with E-state index in [2.05, 4.69) is 56.6 Å². The number of likely N-dealkylation sites (N-methyl/N-ethyl adjacent to an activating group) is 2. The Labute approximate surface area is 127 Å². The molecule has 4 nitrogen and oxygen atoms in total. The molecule has 0 bridgehead atoms. The molecule has 0 aliphatic heterocycles. The quantitative estimate of drug-likeness (QED) is 0.511. The van der Waals surface area contributed by atoms with Crippen LogP contribution in [-0.4, -0.2) is 87.3 Å². The van der Waals surface area contributed by atoms with Gasteiger partial charge in [0.05, 0.1) is 6.61 Å². The molecular weight excluding hydrogens is 250 g/mol. The lowest BCUT2D eigenvalue weighted by Crippen LogP contribution is -2.39. The molecule has 0 saturated carbocycles. The number of ether oxygens (including phenoxy) is 1. The maximum Gasteiger partial charge on any atom is 0.0593 e. The summed E-state index contributed by atoms with van der Waals surface area (Å²) in [6.07, 6.45) is 1.23. The Bertz CT molecular complexity index is 224. The minimum atomic E-state index is 0.636. The molecule has 0 aromatic rings. The molecule has 0 aliphatic carbocycles. The van der Waals surface area contributed by atoms with E-state index in [-0.39, 0.29) is 0 Å². The molecule has 122 valence electrons. The summed E-state index contributed by atoms with van der Waals surface area (Å²) in [5.41, 5.74) is 0. The van der Waals surface area contributed by atoms with Crippen molar-refractivity contribution in [2.45, 2.75) is 46.2 Å². The van der Waals surface area contributed by atoms with Crippen LogP contribution in [0.1, 0.15) is 34.1 Å². The normalized spacial score (nSPS) is 13.9. The summed E-state index contributed by atoms with van der Waals surface area (Å²) in [4.78, 5) is 7.23. The van der Waals surface area contributed by atoms with Crippen LogP contribution in [-0.2, 0) is 4.74 Å². The van der Waals surface area contributed by atoms with Gasteiger partial charge in [0.2, 0.25) is 0 Å². The number of rotatable bonds is 12. The topological polar surface area (TPSA) is 19.0 Å². The predicted molar refractivity (Wildman–Crippen MR) is 88.5 cm³/mol. The molecule has 20 heavy (non-hydrogen) atoms. The van der Waals surface area contributed by atoms with E-state index < -0.39 is 0 Å². The minimum absolute atomic E-state index is 0.636. The highest BCUT2D eigenvalue weighted by Gasteiger charge is 2.12. The molecule has 0 N–H and O–H groups in total. The first kappa shape index (κ1) is 19.8. The zero-order chi connectivity index (χ0) is 15.5. The van der Waals surface area contributed by atoms with Gasteiger partial charge in [0.15, 0.2) is 0 Å². The molecule has 0 spiro atoms. The van der Waals surface area contributed by atoms with Crippen LogP contribution < -0.4 is 0 Å². The Balaban J connectivity index is 3.76. The Kier molecular flexibility index (Phi) is 11.4. The largest absolute Gasteiger partial charge is 0.380 e. The van der Waals surface area contributed by atoms with E-state index in [0.29, 0.717) is 12.1 Å². The van der Waals surface area contributed by atoms with Crippen molar-refractivity contribution in [3.05, 3.63) is 0 Å². The molecule has 0 rings (SSSR count). The fourth-order valence-corrected chi connectivity index (χ4v) is 1.89. The Morgan fingerprint density at radius 1 is 0.850 bits per heavy atom. The zero-order valence-electron chi connectivity index (χ0n) is 14.9. The van der Waals surface area contributed by atoms with E-state index in [1.165, 1.54) is 13.0 Å². The van der Waals surface area contributed by atoms with Gasteiger partial charge in [-0.3, -0.25) is 0 Å². The Morgan fingerprint density at radius 3 is 2.05 bits per heavy atom. The van der Waals surface area contributed by atoms with Crippen molar-refractivity contribution >= 4 is 0 Å². The summed E-state index contributed by atoms with van der Waals surface area (Å²) in [5.74, 6) is 0. The second-order valence-electron chi connectivity index (χ2n) is 6.19. The zero-order valence-corrected chi connectivity index (χ0v) is 14.9. The average molecular weight is 287 g/mol. The third kappa shape index (κ3) is 9.70. The van der Waals surface area contributed by atoms with Crippen LogP contribution in [0.25, 0.3) is 0 Å². The smallest absolute Gasteiger partial charge is 0.0593 e. The molecule has 1 atom stereocenters. The fraction of sp³-hybridized carbons (Fsp3) is 1.00. The third-order valence-corrected chi connectivity index (χ3v) is 4.19. The first-order valence-corrected chi connectivity index (χ1v) is 8.05. The van der Waals surface area contributed by atoms with Gasteiger partial charge in [0.25, 0.3) is 0 Å². The van der Waals surface area contributed by atoms with Crippen LogP contribution >= 0.6 is 0 Å². The van der Waals surface area contributed by atoms with Gasteiger partial charge < -0.3 is 19.4 Å². The van der Waals surface area contributed by atoms with E-state index in [1.807, 2.05) is 6.92 Å². The molecule has 0 saturated heterocycles. The molecule has 0 aromatic heterocycles. The number of hydrogen-bond acceptors (Lipinski definition) is 4. The monoisotopic (exact) mass is 287 g/mol. The van der Waals surface area contributed by atoms with E-state index in [1.54, 1.807) is 0 Å². The fourth-order valence-electron chi connectivity index (χ4n) is 1.89. The standard InChI is InChI=1S/C16H37N3O/c1-8-20-14-13-17(5)11-12-19(7)16(4)9-10-18(6)15(2)3/h15-16H,8-14H2,1-7H3. The highest BCUT2D eigenvalue weighted by atomic mass is 16.5. The molecule has 0 amide bonds. The average Bonchev–Trinajstić information content (AvgIpc) is 2.41. The lowest BCUT2D eigenvalue weighted by atomic mass is 10.2. The van der Waals surface area contributed by atoms with Gasteiger partial charge in [-0.05, 0) is 61.8 Å². The van der Waals surface area contributed by atoms with Gasteiger partial charge >= 0.3 is 0 Å². The van der Waals surface area contributed by atoms with Gasteiger partial charge in [0.1, 0.15) is 0 Å². The predicted octanol–water partition coefficient (Wildman–Crippen LogP) is 2.01. The van der Waals surface area contributed by atoms with Crippen molar-refractivity contribution < 1.29 is 4.74 Å². The molecule has 0 fully saturated rings. The van der Waals surface area contributed by atoms with E-state index in [0.717, 1.165) is 32.8 Å². The van der Waals surface area contributed by atoms with Gasteiger partial charge in [-0.2, -0.15) is 0 Å². The lowest BCUT2D eigenvalue weighted by molar-refractivity contribution is 0.115. The van der Waals surface area contributed by atoms with Gasteiger partial charge in [-0.1, -0.05) is 0 Å². The number of hydrogen-bond donors (Lipinski definition) is 0. The molecule has 0 aromatic carbocycles. The summed E-state index contributed by atoms with van der Waals surface area (Å²) >= 11 is 0. The highest BCUT2D eigenvalue weighted by Crippen LogP contribution is 2.04. The summed E-state index contributed by atoms with van der Waals surface area (Å²) in [7, 11) is 6.61. The van der Waals surface area contributed by atoms with E-state index in [4.69, 9.17) is 4.74 Å². The summed E-state index contributed by atoms with van der Waals surface area (Å²) in [6.45, 7) is 14.9. The van der Waals surface area contributed by atoms with Crippen LogP contribution in [0.2, 0.25) is 0 Å². The molecular formula is C16H37N3O. The Morgan fingerprint density at radius 2 is 1.50 bits per heavy atom. The van der Waals surface area contributed by atoms with E-state index >= 15 is 0 Å². The van der Waals surface area contributed by atoms with Crippen LogP contribution in [0, 0.1) is 0 Å². The van der Waals surface area contributed by atoms with Crippen LogP contribution in [0.4, 0.5) is 0 Å². The van der Waals surface area contributed by atoms with Crippen LogP contribution in [0.15, 0.2) is 0 Å². The second kappa shape index (κ2) is 11.5. The van der Waals surface area contributed by atoms with Gasteiger partial charge in [-0.15, -0.1) is 0 Å². The number of nitrogens with zero attached hydrogens (tertiary/aromatic N) is 3. The molecule has 1 unspecified atom stereocenters. The SMILES string of the molecule is CCOCCN(C)CCN(C)C(C)CCN(C)C(C)C. The van der Waals surface area contributed by atoms with Crippen LogP contribution in [0.5, 0.6) is 0 Å². The van der Waals surface area contributed by atoms with Crippen molar-refractivity contribution in [2.24, 2.45) is 0 Å². The second-order valence-corrected chi connectivity index (χ2v) is 6.19. The maximum absolute atomic E-state index is 5.38.